The van der Waals surface area contributed by atoms with Gasteiger partial charge < -0.3 is 24.3 Å². The highest BCUT2D eigenvalue weighted by Gasteiger charge is 2.34. The molecule has 0 spiro atoms. The molecule has 2 fully saturated rings. The Kier molecular flexibility index (Phi) is 8.55. The Morgan fingerprint density at radius 1 is 1.07 bits per heavy atom. The van der Waals surface area contributed by atoms with Crippen LogP contribution in [0.25, 0.3) is 0 Å². The Balaban J connectivity index is 1.32. The Hall–Kier alpha value is -3.35. The highest BCUT2D eigenvalue weighted by molar-refractivity contribution is 6.31. The molecule has 1 aromatic carbocycles. The number of nitriles is 1. The van der Waals surface area contributed by atoms with E-state index in [2.05, 4.69) is 40.5 Å². The third kappa shape index (κ3) is 5.67. The first-order valence-corrected chi connectivity index (χ1v) is 15.7. The Morgan fingerprint density at radius 3 is 2.67 bits per heavy atom. The predicted molar refractivity (Wildman–Crippen MR) is 164 cm³/mol. The molecule has 222 valence electrons. The quantitative estimate of drug-likeness (QED) is 0.445. The molecule has 4 heterocycles. The molecule has 6 rings (SSSR count). The van der Waals surface area contributed by atoms with Gasteiger partial charge >= 0.3 is 6.01 Å². The van der Waals surface area contributed by atoms with Crippen LogP contribution in [0.5, 0.6) is 6.01 Å². The Morgan fingerprint density at radius 2 is 1.90 bits per heavy atom. The van der Waals surface area contributed by atoms with E-state index in [9.17, 15) is 10.1 Å². The van der Waals surface area contributed by atoms with E-state index < -0.39 is 0 Å². The molecule has 0 radical (unpaired) electrons. The van der Waals surface area contributed by atoms with Crippen LogP contribution in [0.3, 0.4) is 0 Å². The van der Waals surface area contributed by atoms with Gasteiger partial charge in [0.05, 0.1) is 30.8 Å². The number of fused-ring (bicyclic) bond motifs is 2. The number of nitrogens with zero attached hydrogens (tertiary/aromatic N) is 7. The van der Waals surface area contributed by atoms with Gasteiger partial charge in [0.25, 0.3) is 0 Å². The van der Waals surface area contributed by atoms with E-state index in [0.29, 0.717) is 44.8 Å². The van der Waals surface area contributed by atoms with Gasteiger partial charge in [0.1, 0.15) is 12.4 Å². The number of halogens is 1. The molecule has 0 bridgehead atoms. The maximum absolute atomic E-state index is 12.5. The number of anilines is 2. The number of benzene rings is 1. The summed E-state index contributed by atoms with van der Waals surface area (Å²) in [5, 5.41) is 10.4. The molecular formula is C32H40ClN7O2. The molecule has 0 N–H and O–H groups in total. The second kappa shape index (κ2) is 12.5. The van der Waals surface area contributed by atoms with Gasteiger partial charge in [-0.1, -0.05) is 18.2 Å². The summed E-state index contributed by atoms with van der Waals surface area (Å²) in [5.41, 5.74) is 6.07. The van der Waals surface area contributed by atoms with Gasteiger partial charge in [-0.2, -0.15) is 15.2 Å². The van der Waals surface area contributed by atoms with Crippen molar-refractivity contribution in [2.24, 2.45) is 0 Å². The molecular weight excluding hydrogens is 550 g/mol. The average Bonchev–Trinajstić information content (AvgIpc) is 3.43. The van der Waals surface area contributed by atoms with E-state index in [1.165, 1.54) is 42.2 Å². The summed E-state index contributed by atoms with van der Waals surface area (Å²) in [6, 6.07) is 7.04. The lowest BCUT2D eigenvalue weighted by molar-refractivity contribution is -0.128. The molecule has 2 atom stereocenters. The lowest BCUT2D eigenvalue weighted by atomic mass is 9.89. The zero-order chi connectivity index (χ0) is 29.2. The molecule has 2 aromatic rings. The van der Waals surface area contributed by atoms with Crippen LogP contribution < -0.4 is 14.5 Å². The molecule has 42 heavy (non-hydrogen) atoms. The number of carbonyl (C=O) groups is 1. The number of likely N-dealkylation sites (tertiary alicyclic amines) is 1. The fourth-order valence-electron chi connectivity index (χ4n) is 7.12. The van der Waals surface area contributed by atoms with Gasteiger partial charge in [-0.15, -0.1) is 0 Å². The lowest BCUT2D eigenvalue weighted by Crippen LogP contribution is -2.55. The maximum Gasteiger partial charge on any atom is 0.318 e. The number of aromatic nitrogens is 2. The fraction of sp³-hybridized carbons (Fsp3) is 0.562. The van der Waals surface area contributed by atoms with Crippen molar-refractivity contribution in [3.05, 3.63) is 52.2 Å². The minimum absolute atomic E-state index is 0.133. The van der Waals surface area contributed by atoms with Crippen molar-refractivity contribution in [3.63, 3.8) is 0 Å². The van der Waals surface area contributed by atoms with Crippen LogP contribution in [0.4, 0.5) is 11.5 Å². The number of hydrogen-bond donors (Lipinski definition) is 0. The first kappa shape index (κ1) is 28.8. The number of piperazine rings is 1. The number of hydrogen-bond acceptors (Lipinski definition) is 8. The van der Waals surface area contributed by atoms with E-state index in [0.717, 1.165) is 60.9 Å². The molecule has 1 amide bonds. The van der Waals surface area contributed by atoms with Crippen LogP contribution in [0.15, 0.2) is 24.8 Å². The number of likely N-dealkylation sites (N-methyl/N-ethyl adjacent to an activating group) is 1. The molecule has 2 saturated heterocycles. The van der Waals surface area contributed by atoms with Crippen LogP contribution in [0.2, 0.25) is 5.02 Å². The van der Waals surface area contributed by atoms with E-state index in [-0.39, 0.29) is 18.4 Å². The number of carbonyl (C=O) groups excluding carboxylic acids is 1. The van der Waals surface area contributed by atoms with Crippen molar-refractivity contribution in [1.82, 2.24) is 19.8 Å². The smallest absolute Gasteiger partial charge is 0.318 e. The number of ether oxygens (including phenoxy) is 1. The Bertz CT molecular complexity index is 1390. The van der Waals surface area contributed by atoms with Crippen molar-refractivity contribution < 1.29 is 9.53 Å². The SMILES string of the molecule is C=CC(=O)N1CCN(c2nc(OC[C@@H]3CCCN3C)nc3c2CCN(c2ccc(Cl)c4c2CCCC4)C3)C[C@@H]1CC#N. The number of amides is 1. The average molecular weight is 590 g/mol. The van der Waals surface area contributed by atoms with Crippen LogP contribution in [-0.4, -0.2) is 84.1 Å². The normalized spacial score (nSPS) is 22.4. The monoisotopic (exact) mass is 589 g/mol. The minimum Gasteiger partial charge on any atom is -0.462 e. The van der Waals surface area contributed by atoms with Crippen LogP contribution in [0, 0.1) is 11.3 Å². The Labute approximate surface area is 253 Å². The highest BCUT2D eigenvalue weighted by atomic mass is 35.5. The summed E-state index contributed by atoms with van der Waals surface area (Å²) >= 11 is 6.62. The summed E-state index contributed by atoms with van der Waals surface area (Å²) in [7, 11) is 2.14. The van der Waals surface area contributed by atoms with Crippen molar-refractivity contribution in [3.8, 4) is 12.1 Å². The van der Waals surface area contributed by atoms with Crippen LogP contribution in [0.1, 0.15) is 54.5 Å². The maximum atomic E-state index is 12.5. The molecule has 9 nitrogen and oxygen atoms in total. The lowest BCUT2D eigenvalue weighted by Gasteiger charge is -2.42. The first-order valence-electron chi connectivity index (χ1n) is 15.3. The summed E-state index contributed by atoms with van der Waals surface area (Å²) in [6.45, 7) is 8.52. The second-order valence-corrected chi connectivity index (χ2v) is 12.4. The number of rotatable bonds is 7. The van der Waals surface area contributed by atoms with Crippen molar-refractivity contribution in [2.45, 2.75) is 70.0 Å². The van der Waals surface area contributed by atoms with Gasteiger partial charge in [-0.25, -0.2) is 0 Å². The van der Waals surface area contributed by atoms with Crippen molar-refractivity contribution in [1.29, 1.82) is 5.26 Å². The molecule has 3 aliphatic heterocycles. The van der Waals surface area contributed by atoms with E-state index in [1.54, 1.807) is 4.90 Å². The second-order valence-electron chi connectivity index (χ2n) is 11.9. The summed E-state index contributed by atoms with van der Waals surface area (Å²) < 4.78 is 6.30. The molecule has 1 aliphatic carbocycles. The van der Waals surface area contributed by atoms with Gasteiger partial charge in [0.2, 0.25) is 5.91 Å². The van der Waals surface area contributed by atoms with Gasteiger partial charge in [-0.05, 0) is 87.9 Å². The molecule has 10 heteroatoms. The van der Waals surface area contributed by atoms with Gasteiger partial charge in [0, 0.05) is 48.5 Å². The van der Waals surface area contributed by atoms with E-state index in [1.807, 2.05) is 6.07 Å². The van der Waals surface area contributed by atoms with E-state index in [4.69, 9.17) is 26.3 Å². The summed E-state index contributed by atoms with van der Waals surface area (Å²) in [6.07, 6.45) is 9.16. The molecule has 1 aromatic heterocycles. The summed E-state index contributed by atoms with van der Waals surface area (Å²) in [5.74, 6) is 0.743. The fourth-order valence-corrected chi connectivity index (χ4v) is 7.39. The topological polar surface area (TPSA) is 88.8 Å². The third-order valence-corrected chi connectivity index (χ3v) is 9.81. The highest BCUT2D eigenvalue weighted by Crippen LogP contribution is 2.38. The first-order chi connectivity index (χ1) is 20.5. The van der Waals surface area contributed by atoms with Gasteiger partial charge in [-0.3, -0.25) is 4.79 Å². The standard InChI is InChI=1S/C32H40ClN7O2/c1-3-30(41)40-18-17-39(19-22(40)12-14-34)31-26-13-16-38(29-11-10-27(33)24-8-4-5-9-25(24)29)20-28(26)35-32(36-31)42-21-23-7-6-15-37(23)2/h3,10-11,22-23H,1,4-9,12-13,15-21H2,2H3/t22-,23-/m0/s1. The largest absolute Gasteiger partial charge is 0.462 e. The predicted octanol–water partition coefficient (Wildman–Crippen LogP) is 4.16. The van der Waals surface area contributed by atoms with Crippen molar-refractivity contribution in [2.75, 3.05) is 56.2 Å². The van der Waals surface area contributed by atoms with Gasteiger partial charge in [0.15, 0.2) is 0 Å². The zero-order valence-electron chi connectivity index (χ0n) is 24.5. The zero-order valence-corrected chi connectivity index (χ0v) is 25.3. The van der Waals surface area contributed by atoms with Crippen molar-refractivity contribution >= 4 is 29.0 Å². The minimum atomic E-state index is -0.225. The van der Waals surface area contributed by atoms with Crippen LogP contribution >= 0.6 is 11.6 Å². The van der Waals surface area contributed by atoms with E-state index >= 15 is 0 Å². The third-order valence-electron chi connectivity index (χ3n) is 9.46. The molecule has 0 unspecified atom stereocenters. The molecule has 0 saturated carbocycles. The van der Waals surface area contributed by atoms with Crippen LogP contribution in [-0.2, 0) is 30.6 Å². The molecule has 4 aliphatic rings. The summed E-state index contributed by atoms with van der Waals surface area (Å²) in [4.78, 5) is 31.3.